The summed E-state index contributed by atoms with van der Waals surface area (Å²) in [5, 5.41) is 29.6. The third kappa shape index (κ3) is 11.7. The van der Waals surface area contributed by atoms with Crippen molar-refractivity contribution in [3.63, 3.8) is 0 Å². The minimum atomic E-state index is -0.948. The lowest BCUT2D eigenvalue weighted by molar-refractivity contribution is -0.164. The molecule has 0 aromatic heterocycles. The van der Waals surface area contributed by atoms with E-state index in [2.05, 4.69) is 49.7 Å². The lowest BCUT2D eigenvalue weighted by Gasteiger charge is -2.63. The van der Waals surface area contributed by atoms with Gasteiger partial charge >= 0.3 is 0 Å². The molecule has 3 aromatic rings. The molecule has 1 aliphatic heterocycles. The summed E-state index contributed by atoms with van der Waals surface area (Å²) in [5.74, 6) is -0.826. The number of hydrogen-bond acceptors (Lipinski definition) is 8. The van der Waals surface area contributed by atoms with Gasteiger partial charge in [0.25, 0.3) is 5.91 Å². The third-order valence-corrected chi connectivity index (χ3v) is 12.7. The standard InChI is InChI=1S/C48H61Cl2N5O7/c1-29(31-17-20-34(49)21-18-31)52-42(59)38-24-35(56)27-55(38)43(60)40(46(2,3)4)53-39(57)28-61-23-11-9-10-12-30-13-15-32(16-14-30)41(58)54-44-47(5,6)45(48(44,7)8)62-36-22-19-33(26-51)37(50)25-36/h13-22,25,29,35,38,40,44-45,56H,9-12,23-24,27-28H2,1-8H3,(H,52,59)(H,53,57)(H,54,58)/t29-,35+,38-,40?,44?,45?/m0/s1. The SMILES string of the molecule is C[C@H](NC(=O)[C@@H]1C[C@@H](O)CN1C(=O)C(NC(=O)COCCCCCc1ccc(C(=O)NC2C(C)(C)C(Oc3ccc(C#N)c(Cl)c3)C2(C)C)cc1)C(C)(C)C)c1ccc(Cl)cc1. The number of ether oxygens (including phenoxy) is 2. The Morgan fingerprint density at radius 1 is 0.935 bits per heavy atom. The summed E-state index contributed by atoms with van der Waals surface area (Å²) in [6.07, 6.45) is 2.35. The zero-order chi connectivity index (χ0) is 45.6. The Bertz CT molecular complexity index is 2100. The molecule has 1 aliphatic carbocycles. The lowest BCUT2D eigenvalue weighted by Crippen LogP contribution is -2.74. The van der Waals surface area contributed by atoms with Crippen molar-refractivity contribution in [2.75, 3.05) is 19.8 Å². The summed E-state index contributed by atoms with van der Waals surface area (Å²) in [5.41, 5.74) is 1.49. The molecule has 14 heteroatoms. The molecule has 3 aromatic carbocycles. The predicted octanol–water partition coefficient (Wildman–Crippen LogP) is 7.58. The number of halogens is 2. The van der Waals surface area contributed by atoms with Crippen LogP contribution in [0, 0.1) is 27.6 Å². The normalized spacial score (nSPS) is 21.2. The number of nitrogens with zero attached hydrogens (tertiary/aromatic N) is 2. The number of unbranched alkanes of at least 4 members (excludes halogenated alkanes) is 2. The van der Waals surface area contributed by atoms with Crippen LogP contribution in [-0.2, 0) is 25.5 Å². The van der Waals surface area contributed by atoms with Crippen LogP contribution >= 0.6 is 23.2 Å². The van der Waals surface area contributed by atoms with E-state index >= 15 is 0 Å². The van der Waals surface area contributed by atoms with Crippen molar-refractivity contribution in [3.8, 4) is 11.8 Å². The van der Waals surface area contributed by atoms with Gasteiger partial charge in [-0.25, -0.2) is 0 Å². The largest absolute Gasteiger partial charge is 0.489 e. The minimum absolute atomic E-state index is 0.0147. The number of benzene rings is 3. The number of aliphatic hydroxyl groups is 1. The third-order valence-electron chi connectivity index (χ3n) is 12.1. The van der Waals surface area contributed by atoms with Gasteiger partial charge in [0.15, 0.2) is 0 Å². The molecule has 12 nitrogen and oxygen atoms in total. The van der Waals surface area contributed by atoms with Crippen molar-refractivity contribution in [2.45, 2.75) is 124 Å². The van der Waals surface area contributed by atoms with E-state index in [4.69, 9.17) is 32.7 Å². The molecule has 1 unspecified atom stereocenters. The molecule has 4 atom stereocenters. The predicted molar refractivity (Wildman–Crippen MR) is 240 cm³/mol. The van der Waals surface area contributed by atoms with Gasteiger partial charge in [0.1, 0.15) is 36.6 Å². The first-order valence-corrected chi connectivity index (χ1v) is 22.1. The molecule has 0 bridgehead atoms. The van der Waals surface area contributed by atoms with Gasteiger partial charge in [-0.2, -0.15) is 5.26 Å². The minimum Gasteiger partial charge on any atom is -0.489 e. The molecular weight excluding hydrogens is 829 g/mol. The van der Waals surface area contributed by atoms with Gasteiger partial charge in [-0.3, -0.25) is 19.2 Å². The summed E-state index contributed by atoms with van der Waals surface area (Å²) in [7, 11) is 0. The van der Waals surface area contributed by atoms with E-state index in [-0.39, 0.29) is 60.4 Å². The highest BCUT2D eigenvalue weighted by molar-refractivity contribution is 6.31. The zero-order valence-electron chi connectivity index (χ0n) is 37.0. The van der Waals surface area contributed by atoms with Gasteiger partial charge in [0.2, 0.25) is 17.7 Å². The summed E-state index contributed by atoms with van der Waals surface area (Å²) in [6.45, 7) is 15.8. The van der Waals surface area contributed by atoms with Gasteiger partial charge in [-0.05, 0) is 79.1 Å². The lowest BCUT2D eigenvalue weighted by atomic mass is 9.49. The second-order valence-electron chi connectivity index (χ2n) is 18.9. The van der Waals surface area contributed by atoms with Crippen molar-refractivity contribution in [1.29, 1.82) is 5.26 Å². The van der Waals surface area contributed by atoms with Crippen molar-refractivity contribution in [3.05, 3.63) is 99.0 Å². The number of nitrogens with one attached hydrogen (secondary N) is 3. The van der Waals surface area contributed by atoms with Crippen molar-refractivity contribution in [1.82, 2.24) is 20.9 Å². The van der Waals surface area contributed by atoms with E-state index in [1.807, 2.05) is 64.1 Å². The van der Waals surface area contributed by atoms with Gasteiger partial charge in [-0.15, -0.1) is 0 Å². The Balaban J connectivity index is 1.02. The monoisotopic (exact) mass is 889 g/mol. The number of aliphatic hydroxyl groups excluding tert-OH is 1. The highest BCUT2D eigenvalue weighted by Crippen LogP contribution is 2.55. The van der Waals surface area contributed by atoms with Gasteiger partial charge in [0, 0.05) is 53.1 Å². The average molecular weight is 891 g/mol. The van der Waals surface area contributed by atoms with Crippen LogP contribution in [0.4, 0.5) is 0 Å². The molecule has 2 fully saturated rings. The quantitative estimate of drug-likeness (QED) is 0.101. The average Bonchev–Trinajstić information content (AvgIpc) is 3.61. The molecule has 0 radical (unpaired) electrons. The molecule has 334 valence electrons. The van der Waals surface area contributed by atoms with Crippen LogP contribution in [0.1, 0.15) is 114 Å². The highest BCUT2D eigenvalue weighted by atomic mass is 35.5. The van der Waals surface area contributed by atoms with Gasteiger partial charge in [0.05, 0.1) is 22.7 Å². The van der Waals surface area contributed by atoms with Crippen LogP contribution in [0.25, 0.3) is 0 Å². The molecule has 4 amide bonds. The molecule has 2 aliphatic rings. The summed E-state index contributed by atoms with van der Waals surface area (Å²) in [6, 6.07) is 19.5. The Labute approximate surface area is 376 Å². The molecule has 1 saturated heterocycles. The second-order valence-corrected chi connectivity index (χ2v) is 19.7. The first-order valence-electron chi connectivity index (χ1n) is 21.3. The number of carbonyl (C=O) groups is 4. The smallest absolute Gasteiger partial charge is 0.251 e. The molecule has 1 saturated carbocycles. The summed E-state index contributed by atoms with van der Waals surface area (Å²) in [4.78, 5) is 55.1. The Hall–Kier alpha value is -4.67. The fourth-order valence-corrected chi connectivity index (χ4v) is 9.31. The molecule has 5 rings (SSSR count). The summed E-state index contributed by atoms with van der Waals surface area (Å²) < 4.78 is 12.0. The first-order chi connectivity index (χ1) is 29.1. The molecular formula is C48H61Cl2N5O7. The van der Waals surface area contributed by atoms with Crippen LogP contribution in [0.2, 0.25) is 10.0 Å². The number of β-amino-alcohol motifs (C(OH)–C–C–N with tert-alkyl or cyclic N) is 1. The molecule has 1 heterocycles. The Kier molecular flexibility index (Phi) is 15.8. The van der Waals surface area contributed by atoms with E-state index in [9.17, 15) is 29.5 Å². The van der Waals surface area contributed by atoms with Crippen LogP contribution in [0.5, 0.6) is 5.75 Å². The Morgan fingerprint density at radius 3 is 2.21 bits per heavy atom. The number of carbonyl (C=O) groups excluding carboxylic acids is 4. The topological polar surface area (TPSA) is 170 Å². The van der Waals surface area contributed by atoms with E-state index in [0.29, 0.717) is 33.5 Å². The van der Waals surface area contributed by atoms with Crippen molar-refractivity contribution < 1.29 is 33.8 Å². The second kappa shape index (κ2) is 20.2. The highest BCUT2D eigenvalue weighted by Gasteiger charge is 2.64. The van der Waals surface area contributed by atoms with E-state index < -0.39 is 35.4 Å². The van der Waals surface area contributed by atoms with E-state index in [0.717, 1.165) is 36.8 Å². The van der Waals surface area contributed by atoms with Crippen molar-refractivity contribution in [2.24, 2.45) is 16.2 Å². The maximum atomic E-state index is 13.9. The number of nitriles is 1. The fraction of sp³-hybridized carbons (Fsp3) is 0.521. The summed E-state index contributed by atoms with van der Waals surface area (Å²) >= 11 is 12.2. The van der Waals surface area contributed by atoms with Crippen LogP contribution < -0.4 is 20.7 Å². The Morgan fingerprint density at radius 2 is 1.60 bits per heavy atom. The van der Waals surface area contributed by atoms with E-state index in [1.165, 1.54) is 4.90 Å². The first kappa shape index (κ1) is 48.4. The van der Waals surface area contributed by atoms with Crippen LogP contribution in [0.3, 0.4) is 0 Å². The molecule has 4 N–H and O–H groups in total. The van der Waals surface area contributed by atoms with Crippen LogP contribution in [0.15, 0.2) is 66.7 Å². The fourth-order valence-electron chi connectivity index (χ4n) is 8.98. The number of aryl methyl sites for hydroxylation is 1. The maximum Gasteiger partial charge on any atom is 0.251 e. The number of likely N-dealkylation sites (tertiary alicyclic amines) is 1. The van der Waals surface area contributed by atoms with E-state index in [1.54, 1.807) is 30.3 Å². The van der Waals surface area contributed by atoms with Crippen LogP contribution in [-0.4, -0.2) is 83.7 Å². The number of hydrogen-bond donors (Lipinski definition) is 4. The maximum absolute atomic E-state index is 13.9. The van der Waals surface area contributed by atoms with Crippen molar-refractivity contribution >= 4 is 46.8 Å². The molecule has 0 spiro atoms. The van der Waals surface area contributed by atoms with Gasteiger partial charge in [-0.1, -0.05) is 102 Å². The van der Waals surface area contributed by atoms with Gasteiger partial charge < -0.3 is 35.4 Å². The number of amides is 4. The zero-order valence-corrected chi connectivity index (χ0v) is 38.5. The number of rotatable bonds is 17. The molecule has 62 heavy (non-hydrogen) atoms.